The number of benzene rings is 2. The van der Waals surface area contributed by atoms with Crippen LogP contribution in [0, 0.1) is 0 Å². The minimum absolute atomic E-state index is 0.177. The number of halogens is 3. The monoisotopic (exact) mass is 314 g/mol. The summed E-state index contributed by atoms with van der Waals surface area (Å²) in [7, 11) is 1.65. The maximum atomic E-state index is 6.42. The first-order valence-electron chi connectivity index (χ1n) is 5.81. The van der Waals surface area contributed by atoms with Crippen LogP contribution in [0.1, 0.15) is 16.5 Å². The van der Waals surface area contributed by atoms with E-state index in [0.29, 0.717) is 16.5 Å². The van der Waals surface area contributed by atoms with E-state index in [2.05, 4.69) is 0 Å². The fourth-order valence-corrected chi connectivity index (χ4v) is 2.73. The lowest BCUT2D eigenvalue weighted by Gasteiger charge is -2.12. The highest BCUT2D eigenvalue weighted by Gasteiger charge is 2.11. The van der Waals surface area contributed by atoms with Gasteiger partial charge < -0.3 is 4.74 Å². The van der Waals surface area contributed by atoms with Crippen LogP contribution in [0.4, 0.5) is 0 Å². The molecule has 0 aliphatic rings. The van der Waals surface area contributed by atoms with Gasteiger partial charge in [0, 0.05) is 10.0 Å². The summed E-state index contributed by atoms with van der Waals surface area (Å²) in [6, 6.07) is 13.2. The van der Waals surface area contributed by atoms with E-state index in [1.165, 1.54) is 0 Å². The van der Waals surface area contributed by atoms with Crippen LogP contribution in [0.25, 0.3) is 0 Å². The number of hydrogen-bond acceptors (Lipinski definition) is 1. The van der Waals surface area contributed by atoms with Crippen molar-refractivity contribution in [1.29, 1.82) is 0 Å². The molecular weight excluding hydrogens is 303 g/mol. The molecule has 0 radical (unpaired) electrons. The first-order valence-corrected chi connectivity index (χ1v) is 7.00. The van der Waals surface area contributed by atoms with Gasteiger partial charge in [-0.25, -0.2) is 0 Å². The van der Waals surface area contributed by atoms with Gasteiger partial charge in [-0.15, -0.1) is 11.6 Å². The molecule has 0 spiro atoms. The Labute approximate surface area is 128 Å². The molecule has 4 heteroatoms. The molecule has 0 fully saturated rings. The van der Waals surface area contributed by atoms with E-state index >= 15 is 0 Å². The molecule has 19 heavy (non-hydrogen) atoms. The van der Waals surface area contributed by atoms with Crippen LogP contribution in [0.5, 0.6) is 5.75 Å². The molecule has 1 unspecified atom stereocenters. The van der Waals surface area contributed by atoms with Crippen LogP contribution in [-0.2, 0) is 6.42 Å². The largest absolute Gasteiger partial charge is 0.497 e. The number of ether oxygens (including phenoxy) is 1. The highest BCUT2D eigenvalue weighted by Crippen LogP contribution is 2.30. The summed E-state index contributed by atoms with van der Waals surface area (Å²) in [6.07, 6.45) is 0.690. The number of alkyl halides is 1. The van der Waals surface area contributed by atoms with Crippen LogP contribution in [0.15, 0.2) is 42.5 Å². The number of rotatable bonds is 4. The molecule has 100 valence electrons. The van der Waals surface area contributed by atoms with Gasteiger partial charge in [-0.05, 0) is 47.9 Å². The Morgan fingerprint density at radius 1 is 1.05 bits per heavy atom. The van der Waals surface area contributed by atoms with Crippen molar-refractivity contribution < 1.29 is 4.74 Å². The third-order valence-electron chi connectivity index (χ3n) is 2.80. The van der Waals surface area contributed by atoms with Crippen molar-refractivity contribution in [2.75, 3.05) is 7.11 Å². The summed E-state index contributed by atoms with van der Waals surface area (Å²) >= 11 is 18.4. The molecule has 0 aliphatic heterocycles. The summed E-state index contributed by atoms with van der Waals surface area (Å²) < 4.78 is 5.20. The standard InChI is InChI=1S/C15H13Cl3O/c1-19-14-4-2-3-10(5-14)6-15(18)11-7-12(16)9-13(17)8-11/h2-5,7-9,15H,6H2,1H3. The predicted octanol–water partition coefficient (Wildman–Crippen LogP) is 5.52. The summed E-state index contributed by atoms with van der Waals surface area (Å²) in [4.78, 5) is 0. The third-order valence-corrected chi connectivity index (χ3v) is 3.64. The third kappa shape index (κ3) is 4.04. The Kier molecular flexibility index (Phi) is 4.98. The molecule has 1 atom stereocenters. The van der Waals surface area contributed by atoms with E-state index in [4.69, 9.17) is 39.5 Å². The van der Waals surface area contributed by atoms with Gasteiger partial charge in [-0.2, -0.15) is 0 Å². The van der Waals surface area contributed by atoms with E-state index < -0.39 is 0 Å². The molecule has 0 saturated heterocycles. The summed E-state index contributed by atoms with van der Waals surface area (Å²) in [5.41, 5.74) is 2.03. The molecule has 0 aliphatic carbocycles. The zero-order valence-corrected chi connectivity index (χ0v) is 12.6. The van der Waals surface area contributed by atoms with E-state index in [0.717, 1.165) is 16.9 Å². The van der Waals surface area contributed by atoms with Gasteiger partial charge in [-0.3, -0.25) is 0 Å². The highest BCUT2D eigenvalue weighted by atomic mass is 35.5. The van der Waals surface area contributed by atoms with Gasteiger partial charge >= 0.3 is 0 Å². The first kappa shape index (κ1) is 14.5. The molecule has 2 aromatic rings. The number of hydrogen-bond donors (Lipinski definition) is 0. The van der Waals surface area contributed by atoms with Gasteiger partial charge in [0.15, 0.2) is 0 Å². The first-order chi connectivity index (χ1) is 9.08. The van der Waals surface area contributed by atoms with E-state index in [-0.39, 0.29) is 5.38 Å². The van der Waals surface area contributed by atoms with Crippen molar-refractivity contribution in [2.24, 2.45) is 0 Å². The summed E-state index contributed by atoms with van der Waals surface area (Å²) in [5, 5.41) is 1.01. The molecular formula is C15H13Cl3O. The lowest BCUT2D eigenvalue weighted by molar-refractivity contribution is 0.414. The Hall–Kier alpha value is -0.890. The van der Waals surface area contributed by atoms with Crippen LogP contribution in [0.3, 0.4) is 0 Å². The SMILES string of the molecule is COc1cccc(CC(Cl)c2cc(Cl)cc(Cl)c2)c1. The lowest BCUT2D eigenvalue weighted by Crippen LogP contribution is -1.96. The van der Waals surface area contributed by atoms with Crippen molar-refractivity contribution >= 4 is 34.8 Å². The molecule has 0 saturated carbocycles. The lowest BCUT2D eigenvalue weighted by atomic mass is 10.0. The molecule has 0 amide bonds. The molecule has 2 aromatic carbocycles. The van der Waals surface area contributed by atoms with Crippen LogP contribution in [-0.4, -0.2) is 7.11 Å². The van der Waals surface area contributed by atoms with Gasteiger partial charge in [0.2, 0.25) is 0 Å². The zero-order valence-electron chi connectivity index (χ0n) is 10.4. The highest BCUT2D eigenvalue weighted by molar-refractivity contribution is 6.35. The summed E-state index contributed by atoms with van der Waals surface area (Å²) in [6.45, 7) is 0. The van der Waals surface area contributed by atoms with Crippen molar-refractivity contribution in [2.45, 2.75) is 11.8 Å². The van der Waals surface area contributed by atoms with E-state index in [1.807, 2.05) is 36.4 Å². The van der Waals surface area contributed by atoms with Crippen molar-refractivity contribution in [3.63, 3.8) is 0 Å². The fourth-order valence-electron chi connectivity index (χ4n) is 1.88. The Bertz CT molecular complexity index is 549. The topological polar surface area (TPSA) is 9.23 Å². The maximum Gasteiger partial charge on any atom is 0.119 e. The maximum absolute atomic E-state index is 6.42. The second-order valence-electron chi connectivity index (χ2n) is 4.23. The smallest absolute Gasteiger partial charge is 0.119 e. The van der Waals surface area contributed by atoms with Crippen molar-refractivity contribution in [1.82, 2.24) is 0 Å². The quantitative estimate of drug-likeness (QED) is 0.675. The zero-order chi connectivity index (χ0) is 13.8. The molecule has 0 aromatic heterocycles. The van der Waals surface area contributed by atoms with Crippen molar-refractivity contribution in [3.8, 4) is 5.75 Å². The molecule has 2 rings (SSSR count). The predicted molar refractivity (Wildman–Crippen MR) is 81.8 cm³/mol. The van der Waals surface area contributed by atoms with E-state index in [1.54, 1.807) is 13.2 Å². The average molecular weight is 316 g/mol. The average Bonchev–Trinajstić information content (AvgIpc) is 2.37. The van der Waals surface area contributed by atoms with Crippen LogP contribution < -0.4 is 4.74 Å². The Morgan fingerprint density at radius 2 is 1.74 bits per heavy atom. The minimum Gasteiger partial charge on any atom is -0.497 e. The normalized spacial score (nSPS) is 12.2. The second-order valence-corrected chi connectivity index (χ2v) is 5.63. The molecule has 1 nitrogen and oxygen atoms in total. The van der Waals surface area contributed by atoms with Gasteiger partial charge in [-0.1, -0.05) is 35.3 Å². The Balaban J connectivity index is 2.17. The Morgan fingerprint density at radius 3 is 2.37 bits per heavy atom. The summed E-state index contributed by atoms with van der Waals surface area (Å²) in [5.74, 6) is 0.825. The van der Waals surface area contributed by atoms with E-state index in [9.17, 15) is 0 Å². The number of methoxy groups -OCH3 is 1. The van der Waals surface area contributed by atoms with Crippen molar-refractivity contribution in [3.05, 3.63) is 63.6 Å². The second kappa shape index (κ2) is 6.51. The van der Waals surface area contributed by atoms with Gasteiger partial charge in [0.1, 0.15) is 5.75 Å². The molecule has 0 N–H and O–H groups in total. The van der Waals surface area contributed by atoms with Crippen LogP contribution >= 0.6 is 34.8 Å². The molecule has 0 bridgehead atoms. The van der Waals surface area contributed by atoms with Gasteiger partial charge in [0.05, 0.1) is 12.5 Å². The minimum atomic E-state index is -0.177. The fraction of sp³-hybridized carbons (Fsp3) is 0.200. The molecule has 0 heterocycles. The van der Waals surface area contributed by atoms with Gasteiger partial charge in [0.25, 0.3) is 0 Å². The van der Waals surface area contributed by atoms with Crippen LogP contribution in [0.2, 0.25) is 10.0 Å².